The first-order chi connectivity index (χ1) is 28.0. The molecular formula is C52H36CuN4O. The summed E-state index contributed by atoms with van der Waals surface area (Å²) in [6.45, 7) is 4.00. The minimum atomic E-state index is 0. The third kappa shape index (κ3) is 6.49. The number of nitrogens with zero attached hydrogens (tertiary/aromatic N) is 4. The van der Waals surface area contributed by atoms with Crippen LogP contribution in [0.25, 0.3) is 90.4 Å². The summed E-state index contributed by atoms with van der Waals surface area (Å²) >= 11 is 0. The molecule has 281 valence electrons. The van der Waals surface area contributed by atoms with Crippen molar-refractivity contribution in [2.75, 3.05) is 0 Å². The minimum absolute atomic E-state index is 0. The number of benzene rings is 5. The van der Waals surface area contributed by atoms with E-state index in [1.54, 1.807) is 0 Å². The van der Waals surface area contributed by atoms with Crippen LogP contribution in [-0.4, -0.2) is 15.1 Å². The fourth-order valence-electron chi connectivity index (χ4n) is 8.14. The second-order valence-corrected chi connectivity index (χ2v) is 14.5. The molecule has 1 radical (unpaired) electrons. The molecule has 58 heavy (non-hydrogen) atoms. The van der Waals surface area contributed by atoms with Crippen molar-refractivity contribution in [3.05, 3.63) is 197 Å². The maximum Gasteiger partial charge on any atom is 2.00 e. The van der Waals surface area contributed by atoms with Crippen LogP contribution in [0.3, 0.4) is 0 Å². The zero-order valence-corrected chi connectivity index (χ0v) is 32.7. The predicted octanol–water partition coefficient (Wildman–Crippen LogP) is 12.3. The summed E-state index contributed by atoms with van der Waals surface area (Å²) in [5, 5.41) is 11.8. The van der Waals surface area contributed by atoms with Crippen LogP contribution >= 0.6 is 0 Å². The van der Waals surface area contributed by atoms with E-state index < -0.39 is 0 Å². The number of phenols is 1. The number of hydrogen-bond acceptors (Lipinski definition) is 3. The van der Waals surface area contributed by atoms with Gasteiger partial charge in [0.1, 0.15) is 5.75 Å². The summed E-state index contributed by atoms with van der Waals surface area (Å²) in [4.78, 5) is 21.8. The molecule has 5 nitrogen and oxygen atoms in total. The molecule has 8 aromatic rings. The van der Waals surface area contributed by atoms with Crippen molar-refractivity contribution < 1.29 is 22.2 Å². The average molecular weight is 796 g/mol. The van der Waals surface area contributed by atoms with Crippen molar-refractivity contribution in [2.45, 2.75) is 13.8 Å². The van der Waals surface area contributed by atoms with Gasteiger partial charge in [0, 0.05) is 11.1 Å². The average Bonchev–Trinajstić information content (AvgIpc) is 4.08. The van der Waals surface area contributed by atoms with Gasteiger partial charge in [0.15, 0.2) is 0 Å². The van der Waals surface area contributed by atoms with Gasteiger partial charge in [0.05, 0.1) is 22.8 Å². The van der Waals surface area contributed by atoms with Crippen molar-refractivity contribution in [2.24, 2.45) is 0 Å². The number of aryl methyl sites for hydroxylation is 2. The van der Waals surface area contributed by atoms with Crippen molar-refractivity contribution in [1.82, 2.24) is 19.9 Å². The summed E-state index contributed by atoms with van der Waals surface area (Å²) in [7, 11) is 0. The molecule has 0 aliphatic carbocycles. The van der Waals surface area contributed by atoms with Crippen LogP contribution in [0, 0.1) is 13.8 Å². The predicted molar refractivity (Wildman–Crippen MR) is 234 cm³/mol. The van der Waals surface area contributed by atoms with Crippen LogP contribution in [0.4, 0.5) is 0 Å². The summed E-state index contributed by atoms with van der Waals surface area (Å²) in [5.41, 5.74) is 17.3. The van der Waals surface area contributed by atoms with Crippen LogP contribution < -0.4 is 9.97 Å². The molecule has 8 bridgehead atoms. The largest absolute Gasteiger partial charge is 2.00 e. The Kier molecular flexibility index (Phi) is 9.58. The van der Waals surface area contributed by atoms with Gasteiger partial charge in [-0.3, -0.25) is 0 Å². The van der Waals surface area contributed by atoms with Gasteiger partial charge >= 0.3 is 17.1 Å². The molecule has 0 amide bonds. The Morgan fingerprint density at radius 1 is 0.448 bits per heavy atom. The maximum absolute atomic E-state index is 11.8. The molecule has 0 saturated carbocycles. The number of hydrogen-bond donors (Lipinski definition) is 1. The van der Waals surface area contributed by atoms with E-state index in [0.29, 0.717) is 5.56 Å². The summed E-state index contributed by atoms with van der Waals surface area (Å²) < 4.78 is 0. The number of phenolic OH excluding ortho intramolecular Hbond substituents is 1. The molecule has 2 aliphatic heterocycles. The number of fused-ring (bicyclic) bond motifs is 8. The second-order valence-electron chi connectivity index (χ2n) is 14.5. The first-order valence-corrected chi connectivity index (χ1v) is 19.1. The van der Waals surface area contributed by atoms with E-state index in [2.05, 4.69) is 97.9 Å². The molecule has 0 fully saturated rings. The molecule has 2 aliphatic rings. The zero-order valence-electron chi connectivity index (χ0n) is 31.8. The molecule has 0 atom stereocenters. The Morgan fingerprint density at radius 3 is 1.29 bits per heavy atom. The van der Waals surface area contributed by atoms with Gasteiger partial charge in [0.2, 0.25) is 0 Å². The maximum atomic E-state index is 11.8. The quantitative estimate of drug-likeness (QED) is 0.176. The molecule has 6 heteroatoms. The Hall–Kier alpha value is -6.98. The van der Waals surface area contributed by atoms with Gasteiger partial charge in [-0.05, 0) is 93.8 Å². The van der Waals surface area contributed by atoms with Gasteiger partial charge in [-0.25, -0.2) is 9.97 Å². The third-order valence-corrected chi connectivity index (χ3v) is 10.7. The molecule has 1 N–H and O–H groups in total. The first-order valence-electron chi connectivity index (χ1n) is 19.1. The van der Waals surface area contributed by atoms with Crippen LogP contribution in [0.1, 0.15) is 39.5 Å². The van der Waals surface area contributed by atoms with E-state index in [1.165, 1.54) is 0 Å². The second kappa shape index (κ2) is 15.2. The minimum Gasteiger partial charge on any atom is -0.657 e. The Balaban J connectivity index is 0.00000436. The molecule has 3 aromatic heterocycles. The summed E-state index contributed by atoms with van der Waals surface area (Å²) in [5.74, 6) is 0.227. The van der Waals surface area contributed by atoms with Crippen LogP contribution in [0.15, 0.2) is 158 Å². The summed E-state index contributed by atoms with van der Waals surface area (Å²) in [6.07, 6.45) is 6.29. The van der Waals surface area contributed by atoms with Crippen molar-refractivity contribution >= 4 is 45.9 Å². The van der Waals surface area contributed by atoms with Gasteiger partial charge < -0.3 is 15.1 Å². The Labute approximate surface area is 347 Å². The molecule has 5 heterocycles. The molecular weight excluding hydrogens is 760 g/mol. The molecule has 0 unspecified atom stereocenters. The van der Waals surface area contributed by atoms with Crippen molar-refractivity contribution in [1.29, 1.82) is 0 Å². The smallest absolute Gasteiger partial charge is 0.657 e. The van der Waals surface area contributed by atoms with Crippen LogP contribution in [-0.2, 0) is 17.1 Å². The van der Waals surface area contributed by atoms with Crippen LogP contribution in [0.5, 0.6) is 5.75 Å². The van der Waals surface area contributed by atoms with Crippen molar-refractivity contribution in [3.8, 4) is 50.3 Å². The zero-order chi connectivity index (χ0) is 38.5. The van der Waals surface area contributed by atoms with E-state index in [9.17, 15) is 5.11 Å². The molecule has 0 spiro atoms. The van der Waals surface area contributed by atoms with Crippen molar-refractivity contribution in [3.63, 3.8) is 0 Å². The van der Waals surface area contributed by atoms with E-state index in [4.69, 9.17) is 19.9 Å². The number of rotatable bonds is 5. The first kappa shape index (κ1) is 36.6. The molecule has 10 rings (SSSR count). The van der Waals surface area contributed by atoms with Gasteiger partial charge in [-0.15, -0.1) is 22.1 Å². The molecule has 5 aromatic carbocycles. The fourth-order valence-corrected chi connectivity index (χ4v) is 8.14. The van der Waals surface area contributed by atoms with E-state index in [-0.39, 0.29) is 22.8 Å². The number of aromatic hydroxyl groups is 1. The van der Waals surface area contributed by atoms with E-state index in [0.717, 1.165) is 106 Å². The van der Waals surface area contributed by atoms with Crippen LogP contribution in [0.2, 0.25) is 0 Å². The van der Waals surface area contributed by atoms with Gasteiger partial charge in [-0.1, -0.05) is 152 Å². The summed E-state index contributed by atoms with van der Waals surface area (Å²) in [6, 6.07) is 53.7. The fraction of sp³-hybridized carbons (Fsp3) is 0.0385. The SMILES string of the molecule is Cc1cc(C)c(O)c(C2=Cc3nc2c(-c2ccccc2)c2ccc([n-]2)c(-c2ccccc2)c2nc(c(-c4ccccc4)c4ccc([n-]4)c3-c3ccccc3)C=C2)c1.[Cu+2]. The standard InChI is InChI=1S/C52H36N4O.Cu/c1-32-29-33(2)52(57)39(30-32)38-31-46-49(36-19-11-5-12-20-36)44-26-25-42(54-44)47(34-15-7-3-8-16-34)40-23-24-41(53-40)48(35-17-9-4-10-18-35)43-27-28-45(55-43)50(51(38)56-46)37-21-13-6-14-22-37;/h3-31H,1-2H3,(H-2,53,54,55,56,57);/q-2;+2. The molecule has 0 saturated heterocycles. The van der Waals surface area contributed by atoms with Gasteiger partial charge in [0.25, 0.3) is 0 Å². The third-order valence-electron chi connectivity index (χ3n) is 10.7. The Morgan fingerprint density at radius 2 is 0.845 bits per heavy atom. The normalized spacial score (nSPS) is 11.9. The topological polar surface area (TPSA) is 74.2 Å². The monoisotopic (exact) mass is 795 g/mol. The van der Waals surface area contributed by atoms with E-state index in [1.807, 2.05) is 91.9 Å². The number of aromatic nitrogens is 4. The van der Waals surface area contributed by atoms with Gasteiger partial charge in [-0.2, -0.15) is 0 Å². The Bertz CT molecular complexity index is 3070. The van der Waals surface area contributed by atoms with E-state index >= 15 is 0 Å².